The zero-order chi connectivity index (χ0) is 19.3. The lowest BCUT2D eigenvalue weighted by Crippen LogP contribution is -2.27. The van der Waals surface area contributed by atoms with Crippen LogP contribution in [0.15, 0.2) is 36.4 Å². The highest BCUT2D eigenvalue weighted by Crippen LogP contribution is 2.41. The number of amides is 1. The highest BCUT2D eigenvalue weighted by molar-refractivity contribution is 6.31. The third-order valence-corrected chi connectivity index (χ3v) is 4.72. The molecule has 1 aliphatic heterocycles. The summed E-state index contributed by atoms with van der Waals surface area (Å²) in [4.78, 5) is 25.3. The molecular weight excluding hydrogens is 393 g/mol. The van der Waals surface area contributed by atoms with Crippen LogP contribution in [0.2, 0.25) is 10.0 Å². The summed E-state index contributed by atoms with van der Waals surface area (Å²) in [5.74, 6) is 0.618. The first kappa shape index (κ1) is 17.4. The number of hydrogen-bond acceptors (Lipinski definition) is 5. The monoisotopic (exact) mass is 403 g/mol. The normalized spacial score (nSPS) is 13.1. The molecule has 0 saturated heterocycles. The molecule has 136 valence electrons. The van der Waals surface area contributed by atoms with Gasteiger partial charge in [0.15, 0.2) is 0 Å². The lowest BCUT2D eigenvalue weighted by Gasteiger charge is -2.23. The Bertz CT molecular complexity index is 1110. The Morgan fingerprint density at radius 3 is 2.41 bits per heavy atom. The molecular formula is C17H11Cl2N5O3. The molecule has 3 aromatic rings. The molecule has 1 aromatic heterocycles. The molecule has 2 aromatic carbocycles. The number of fused-ring (bicyclic) bond motifs is 3. The van der Waals surface area contributed by atoms with Crippen LogP contribution in [-0.2, 0) is 11.2 Å². The number of anilines is 2. The zero-order valence-corrected chi connectivity index (χ0v) is 15.4. The fraction of sp³-hybridized carbons (Fsp3) is 0.118. The standard InChI is InChI=1S/C17H11Cl2N5O3/c1-9-20-21-16-8-17(25)23(14-6-10(18)2-4-12(14)22(9)16)15-7-11(19)3-5-13(15)24(26)27/h2-7H,8H2,1H3. The minimum absolute atomic E-state index is 0.0670. The summed E-state index contributed by atoms with van der Waals surface area (Å²) >= 11 is 12.2. The first-order chi connectivity index (χ1) is 12.9. The molecule has 1 aliphatic rings. The Labute approximate surface area is 163 Å². The Morgan fingerprint density at radius 2 is 1.70 bits per heavy atom. The fourth-order valence-corrected chi connectivity index (χ4v) is 3.47. The Balaban J connectivity index is 2.05. The quantitative estimate of drug-likeness (QED) is 0.475. The van der Waals surface area contributed by atoms with Crippen LogP contribution in [0.25, 0.3) is 5.69 Å². The number of nitrogens with zero attached hydrogens (tertiary/aromatic N) is 5. The molecule has 2 heterocycles. The van der Waals surface area contributed by atoms with Gasteiger partial charge in [-0.2, -0.15) is 0 Å². The van der Waals surface area contributed by atoms with E-state index < -0.39 is 10.8 Å². The predicted octanol–water partition coefficient (Wildman–Crippen LogP) is 4.01. The number of carbonyl (C=O) groups excluding carboxylic acids is 1. The van der Waals surface area contributed by atoms with Crippen molar-refractivity contribution < 1.29 is 9.72 Å². The van der Waals surface area contributed by atoms with Crippen LogP contribution < -0.4 is 4.90 Å². The average Bonchev–Trinajstić information content (AvgIpc) is 2.90. The van der Waals surface area contributed by atoms with Crippen molar-refractivity contribution in [2.75, 3.05) is 4.90 Å². The summed E-state index contributed by atoms with van der Waals surface area (Å²) in [5, 5.41) is 20.3. The number of benzene rings is 2. The summed E-state index contributed by atoms with van der Waals surface area (Å²) < 4.78 is 1.74. The smallest absolute Gasteiger partial charge is 0.281 e. The van der Waals surface area contributed by atoms with Crippen molar-refractivity contribution in [3.05, 3.63) is 68.2 Å². The van der Waals surface area contributed by atoms with Gasteiger partial charge in [-0.1, -0.05) is 23.2 Å². The molecule has 0 spiro atoms. The Morgan fingerprint density at radius 1 is 1.04 bits per heavy atom. The van der Waals surface area contributed by atoms with Crippen LogP contribution in [0.1, 0.15) is 11.6 Å². The molecule has 0 bridgehead atoms. The minimum Gasteiger partial charge on any atom is -0.281 e. The SMILES string of the molecule is Cc1nnc2n1-c1ccc(Cl)cc1N(c1cc(Cl)ccc1[N+](=O)[O-])C(=O)C2. The second kappa shape index (κ2) is 6.33. The fourth-order valence-electron chi connectivity index (χ4n) is 3.14. The van der Waals surface area contributed by atoms with Crippen LogP contribution in [-0.4, -0.2) is 25.6 Å². The van der Waals surface area contributed by atoms with Crippen LogP contribution in [0, 0.1) is 17.0 Å². The lowest BCUT2D eigenvalue weighted by atomic mass is 10.1. The topological polar surface area (TPSA) is 94.2 Å². The maximum Gasteiger partial charge on any atom is 0.293 e. The van der Waals surface area contributed by atoms with Crippen LogP contribution in [0.3, 0.4) is 0 Å². The van der Waals surface area contributed by atoms with E-state index in [-0.39, 0.29) is 22.8 Å². The van der Waals surface area contributed by atoms with E-state index in [1.165, 1.54) is 23.1 Å². The highest BCUT2D eigenvalue weighted by Gasteiger charge is 2.33. The van der Waals surface area contributed by atoms with Gasteiger partial charge in [0.05, 0.1) is 22.7 Å². The van der Waals surface area contributed by atoms with Gasteiger partial charge in [0.2, 0.25) is 5.91 Å². The van der Waals surface area contributed by atoms with Gasteiger partial charge in [0.1, 0.15) is 17.3 Å². The van der Waals surface area contributed by atoms with Crippen LogP contribution in [0.4, 0.5) is 17.1 Å². The lowest BCUT2D eigenvalue weighted by molar-refractivity contribution is -0.384. The Hall–Kier alpha value is -2.97. The van der Waals surface area contributed by atoms with E-state index >= 15 is 0 Å². The van der Waals surface area contributed by atoms with Crippen LogP contribution >= 0.6 is 23.2 Å². The van der Waals surface area contributed by atoms with Crippen molar-refractivity contribution in [1.29, 1.82) is 0 Å². The molecule has 0 radical (unpaired) electrons. The minimum atomic E-state index is -0.556. The second-order valence-electron chi connectivity index (χ2n) is 5.93. The van der Waals surface area contributed by atoms with Crippen molar-refractivity contribution in [2.24, 2.45) is 0 Å². The largest absolute Gasteiger partial charge is 0.293 e. The van der Waals surface area contributed by atoms with Gasteiger partial charge in [-0.05, 0) is 37.3 Å². The van der Waals surface area contributed by atoms with E-state index in [0.29, 0.717) is 28.0 Å². The molecule has 8 nitrogen and oxygen atoms in total. The summed E-state index contributed by atoms with van der Waals surface area (Å²) in [6, 6.07) is 9.04. The molecule has 0 aliphatic carbocycles. The summed E-state index contributed by atoms with van der Waals surface area (Å²) in [5.41, 5.74) is 0.807. The van der Waals surface area contributed by atoms with Gasteiger partial charge in [-0.3, -0.25) is 24.4 Å². The number of halogens is 2. The zero-order valence-electron chi connectivity index (χ0n) is 13.9. The van der Waals surface area contributed by atoms with Gasteiger partial charge in [0.25, 0.3) is 5.69 Å². The van der Waals surface area contributed by atoms with E-state index in [1.54, 1.807) is 29.7 Å². The van der Waals surface area contributed by atoms with Gasteiger partial charge in [-0.25, -0.2) is 0 Å². The molecule has 0 saturated carbocycles. The van der Waals surface area contributed by atoms with Crippen LogP contribution in [0.5, 0.6) is 0 Å². The first-order valence-electron chi connectivity index (χ1n) is 7.84. The number of hydrogen-bond donors (Lipinski definition) is 0. The summed E-state index contributed by atoms with van der Waals surface area (Å²) in [6.07, 6.45) is -0.0865. The number of nitro benzene ring substituents is 1. The van der Waals surface area contributed by atoms with Crippen molar-refractivity contribution in [2.45, 2.75) is 13.3 Å². The molecule has 27 heavy (non-hydrogen) atoms. The van der Waals surface area contributed by atoms with E-state index in [2.05, 4.69) is 10.2 Å². The van der Waals surface area contributed by atoms with E-state index in [4.69, 9.17) is 23.2 Å². The third-order valence-electron chi connectivity index (χ3n) is 4.24. The number of carbonyl (C=O) groups is 1. The molecule has 1 amide bonds. The van der Waals surface area contributed by atoms with E-state index in [0.717, 1.165) is 0 Å². The van der Waals surface area contributed by atoms with Gasteiger partial charge in [0, 0.05) is 16.1 Å². The van der Waals surface area contributed by atoms with Crippen molar-refractivity contribution in [1.82, 2.24) is 14.8 Å². The highest BCUT2D eigenvalue weighted by atomic mass is 35.5. The van der Waals surface area contributed by atoms with E-state index in [1.807, 2.05) is 0 Å². The number of aromatic nitrogens is 3. The number of rotatable bonds is 2. The molecule has 4 rings (SSSR count). The summed E-state index contributed by atoms with van der Waals surface area (Å²) in [7, 11) is 0. The maximum atomic E-state index is 13.1. The average molecular weight is 404 g/mol. The molecule has 10 heteroatoms. The summed E-state index contributed by atoms with van der Waals surface area (Å²) in [6.45, 7) is 1.76. The second-order valence-corrected chi connectivity index (χ2v) is 6.80. The number of nitro groups is 1. The predicted molar refractivity (Wildman–Crippen MR) is 100 cm³/mol. The molecule has 0 atom stereocenters. The van der Waals surface area contributed by atoms with Gasteiger partial charge >= 0.3 is 0 Å². The number of aryl methyl sites for hydroxylation is 1. The molecule has 0 unspecified atom stereocenters. The van der Waals surface area contributed by atoms with Crippen molar-refractivity contribution in [3.8, 4) is 5.69 Å². The van der Waals surface area contributed by atoms with E-state index in [9.17, 15) is 14.9 Å². The van der Waals surface area contributed by atoms with Crippen molar-refractivity contribution in [3.63, 3.8) is 0 Å². The third kappa shape index (κ3) is 2.83. The molecule has 0 fully saturated rings. The van der Waals surface area contributed by atoms with Crippen molar-refractivity contribution >= 4 is 46.2 Å². The van der Waals surface area contributed by atoms with Gasteiger partial charge < -0.3 is 0 Å². The first-order valence-corrected chi connectivity index (χ1v) is 8.60. The Kier molecular flexibility index (Phi) is 4.09. The maximum absolute atomic E-state index is 13.1. The van der Waals surface area contributed by atoms with Gasteiger partial charge in [-0.15, -0.1) is 10.2 Å². The molecule has 0 N–H and O–H groups in total.